The molecule has 0 saturated heterocycles. The molecule has 0 aliphatic rings. The van der Waals surface area contributed by atoms with E-state index in [4.69, 9.17) is 4.74 Å². The van der Waals surface area contributed by atoms with Crippen molar-refractivity contribution in [3.8, 4) is 0 Å². The third-order valence-electron chi connectivity index (χ3n) is 6.69. The molecular weight excluding hydrogens is 380 g/mol. The maximum Gasteiger partial charge on any atom is 0.305 e. The second-order valence-electron chi connectivity index (χ2n) is 9.60. The van der Waals surface area contributed by atoms with Crippen LogP contribution in [0.1, 0.15) is 78.2 Å². The Bertz CT molecular complexity index is 1000. The minimum Gasteiger partial charge on any atom is -0.465 e. The van der Waals surface area contributed by atoms with Crippen LogP contribution in [0.25, 0.3) is 21.5 Å². The minimum atomic E-state index is -0.0456. The van der Waals surface area contributed by atoms with Gasteiger partial charge >= 0.3 is 5.97 Å². The van der Waals surface area contributed by atoms with Crippen LogP contribution in [0, 0.1) is 5.92 Å². The number of ether oxygens (including phenoxy) is 1. The van der Waals surface area contributed by atoms with Crippen molar-refractivity contribution in [3.05, 3.63) is 60.2 Å². The maximum absolute atomic E-state index is 12.2. The van der Waals surface area contributed by atoms with E-state index in [9.17, 15) is 4.79 Å². The number of hydrogen-bond donors (Lipinski definition) is 0. The van der Waals surface area contributed by atoms with Gasteiger partial charge < -0.3 is 4.74 Å². The molecule has 0 amide bonds. The first-order valence-corrected chi connectivity index (χ1v) is 12.0. The van der Waals surface area contributed by atoms with E-state index < -0.39 is 0 Å². The van der Waals surface area contributed by atoms with Gasteiger partial charge in [-0.05, 0) is 69.8 Å². The molecule has 0 fully saturated rings. The highest BCUT2D eigenvalue weighted by molar-refractivity contribution is 5.98. The van der Waals surface area contributed by atoms with E-state index >= 15 is 0 Å². The first kappa shape index (κ1) is 23.3. The van der Waals surface area contributed by atoms with Crippen LogP contribution in [0.15, 0.2) is 54.6 Å². The van der Waals surface area contributed by atoms with Gasteiger partial charge in [0.05, 0.1) is 6.61 Å². The number of benzene rings is 3. The topological polar surface area (TPSA) is 26.3 Å². The summed E-state index contributed by atoms with van der Waals surface area (Å²) in [6, 6.07) is 19.9. The molecule has 0 saturated carbocycles. The molecule has 0 spiro atoms. The number of carbonyl (C=O) groups excluding carboxylic acids is 1. The fourth-order valence-electron chi connectivity index (χ4n) is 4.36. The Hall–Kier alpha value is -2.35. The Morgan fingerprint density at radius 3 is 2.26 bits per heavy atom. The Morgan fingerprint density at radius 1 is 0.903 bits per heavy atom. The minimum absolute atomic E-state index is 0.0210. The van der Waals surface area contributed by atoms with Gasteiger partial charge in [0.2, 0.25) is 0 Å². The highest BCUT2D eigenvalue weighted by Gasteiger charge is 2.21. The lowest BCUT2D eigenvalue weighted by atomic mass is 9.79. The molecule has 2 heteroatoms. The lowest BCUT2D eigenvalue weighted by Crippen LogP contribution is -2.18. The number of hydrogen-bond acceptors (Lipinski definition) is 2. The highest BCUT2D eigenvalue weighted by Crippen LogP contribution is 2.32. The van der Waals surface area contributed by atoms with Gasteiger partial charge in [-0.15, -0.1) is 0 Å². The molecule has 0 aromatic heterocycles. The van der Waals surface area contributed by atoms with E-state index in [1.54, 1.807) is 0 Å². The van der Waals surface area contributed by atoms with Gasteiger partial charge in [-0.3, -0.25) is 4.79 Å². The summed E-state index contributed by atoms with van der Waals surface area (Å²) >= 11 is 0. The van der Waals surface area contributed by atoms with Crippen molar-refractivity contribution in [2.75, 3.05) is 6.61 Å². The summed E-state index contributed by atoms with van der Waals surface area (Å²) < 4.78 is 5.57. The number of fused-ring (bicyclic) bond motifs is 2. The summed E-state index contributed by atoms with van der Waals surface area (Å²) in [5.41, 5.74) is 1.35. The lowest BCUT2D eigenvalue weighted by molar-refractivity contribution is -0.145. The molecule has 3 rings (SSSR count). The summed E-state index contributed by atoms with van der Waals surface area (Å²) in [6.07, 6.45) is 6.98. The predicted octanol–water partition coefficient (Wildman–Crippen LogP) is 8.20. The first-order chi connectivity index (χ1) is 14.9. The largest absolute Gasteiger partial charge is 0.465 e. The number of esters is 1. The number of unbranched alkanes of at least 4 members (excludes halogenated alkanes) is 1. The van der Waals surface area contributed by atoms with Crippen LogP contribution in [0.2, 0.25) is 0 Å². The zero-order chi connectivity index (χ0) is 22.3. The van der Waals surface area contributed by atoms with Crippen molar-refractivity contribution in [2.24, 2.45) is 5.92 Å². The second kappa shape index (κ2) is 10.8. The Labute approximate surface area is 188 Å². The lowest BCUT2D eigenvalue weighted by Gasteiger charge is -2.26. The third-order valence-corrected chi connectivity index (χ3v) is 6.69. The van der Waals surface area contributed by atoms with E-state index in [0.29, 0.717) is 18.9 Å². The molecule has 0 radical (unpaired) electrons. The van der Waals surface area contributed by atoms with E-state index in [-0.39, 0.29) is 11.4 Å². The quantitative estimate of drug-likeness (QED) is 0.232. The van der Waals surface area contributed by atoms with Crippen molar-refractivity contribution >= 4 is 27.5 Å². The standard InChI is InChI=1S/C29H38O2/c1-5-7-11-22(6-2)21-31-28(30)14-10-17-29(3,4)27-16-15-25-18-23-12-8-9-13-24(23)19-26(25)20-27/h8-9,12-13,15-16,18-20,22H,5-7,10-11,14,17,21H2,1-4H3. The molecule has 31 heavy (non-hydrogen) atoms. The normalized spacial score (nSPS) is 12.9. The van der Waals surface area contributed by atoms with E-state index in [0.717, 1.165) is 25.7 Å². The van der Waals surface area contributed by atoms with Crippen LogP contribution < -0.4 is 0 Å². The van der Waals surface area contributed by atoms with Crippen LogP contribution in [0.4, 0.5) is 0 Å². The fraction of sp³-hybridized carbons (Fsp3) is 0.483. The van der Waals surface area contributed by atoms with Crippen molar-refractivity contribution in [2.45, 2.75) is 78.1 Å². The molecule has 3 aromatic carbocycles. The molecule has 0 heterocycles. The first-order valence-electron chi connectivity index (χ1n) is 12.0. The fourth-order valence-corrected chi connectivity index (χ4v) is 4.36. The summed E-state index contributed by atoms with van der Waals surface area (Å²) in [5.74, 6) is 0.463. The van der Waals surface area contributed by atoms with Crippen molar-refractivity contribution in [3.63, 3.8) is 0 Å². The molecule has 0 N–H and O–H groups in total. The maximum atomic E-state index is 12.2. The van der Waals surface area contributed by atoms with Crippen LogP contribution >= 0.6 is 0 Å². The molecule has 0 aliphatic carbocycles. The summed E-state index contributed by atoms with van der Waals surface area (Å²) in [6.45, 7) is 9.52. The second-order valence-corrected chi connectivity index (χ2v) is 9.60. The predicted molar refractivity (Wildman–Crippen MR) is 133 cm³/mol. The molecular formula is C29H38O2. The summed E-state index contributed by atoms with van der Waals surface area (Å²) in [4.78, 5) is 12.2. The zero-order valence-corrected chi connectivity index (χ0v) is 19.7. The highest BCUT2D eigenvalue weighted by atomic mass is 16.5. The van der Waals surface area contributed by atoms with Crippen molar-refractivity contribution in [1.82, 2.24) is 0 Å². The average molecular weight is 419 g/mol. The summed E-state index contributed by atoms with van der Waals surface area (Å²) in [7, 11) is 0. The van der Waals surface area contributed by atoms with Gasteiger partial charge in [0.15, 0.2) is 0 Å². The van der Waals surface area contributed by atoms with Crippen LogP contribution in [0.3, 0.4) is 0 Å². The van der Waals surface area contributed by atoms with Gasteiger partial charge in [-0.1, -0.05) is 89.4 Å². The molecule has 1 atom stereocenters. The van der Waals surface area contributed by atoms with Gasteiger partial charge in [0, 0.05) is 6.42 Å². The van der Waals surface area contributed by atoms with Crippen LogP contribution in [0.5, 0.6) is 0 Å². The smallest absolute Gasteiger partial charge is 0.305 e. The van der Waals surface area contributed by atoms with Gasteiger partial charge in [-0.25, -0.2) is 0 Å². The van der Waals surface area contributed by atoms with E-state index in [1.165, 1.54) is 39.9 Å². The molecule has 3 aromatic rings. The van der Waals surface area contributed by atoms with Crippen molar-refractivity contribution in [1.29, 1.82) is 0 Å². The molecule has 2 nitrogen and oxygen atoms in total. The van der Waals surface area contributed by atoms with Crippen molar-refractivity contribution < 1.29 is 9.53 Å². The van der Waals surface area contributed by atoms with Crippen LogP contribution in [-0.2, 0) is 14.9 Å². The van der Waals surface area contributed by atoms with E-state index in [2.05, 4.69) is 82.3 Å². The molecule has 1 unspecified atom stereocenters. The number of rotatable bonds is 11. The van der Waals surface area contributed by atoms with Gasteiger partial charge in [0.25, 0.3) is 0 Å². The summed E-state index contributed by atoms with van der Waals surface area (Å²) in [5, 5.41) is 5.11. The van der Waals surface area contributed by atoms with Gasteiger partial charge in [0.1, 0.15) is 0 Å². The Balaban J connectivity index is 1.57. The molecule has 0 aliphatic heterocycles. The van der Waals surface area contributed by atoms with E-state index in [1.807, 2.05) is 0 Å². The third kappa shape index (κ3) is 6.32. The SMILES string of the molecule is CCCCC(CC)COC(=O)CCCC(C)(C)c1ccc2cc3ccccc3cc2c1. The Morgan fingerprint density at radius 2 is 1.58 bits per heavy atom. The van der Waals surface area contributed by atoms with Crippen LogP contribution in [-0.4, -0.2) is 12.6 Å². The molecule has 166 valence electrons. The monoisotopic (exact) mass is 418 g/mol. The Kier molecular flexibility index (Phi) is 8.12. The number of carbonyl (C=O) groups is 1. The molecule has 0 bridgehead atoms. The zero-order valence-electron chi connectivity index (χ0n) is 19.7. The average Bonchev–Trinajstić information content (AvgIpc) is 2.77. The van der Waals surface area contributed by atoms with Gasteiger partial charge in [-0.2, -0.15) is 0 Å².